The number of hydrogen-bond acceptors (Lipinski definition) is 4. The van der Waals surface area contributed by atoms with Crippen LogP contribution in [0.25, 0.3) is 5.69 Å². The molecule has 0 amide bonds. The summed E-state index contributed by atoms with van der Waals surface area (Å²) in [7, 11) is 1.18. The van der Waals surface area contributed by atoms with Crippen LogP contribution in [0.5, 0.6) is 0 Å². The highest BCUT2D eigenvalue weighted by Crippen LogP contribution is 2.12. The molecular weight excluding hydrogens is 274 g/mol. The summed E-state index contributed by atoms with van der Waals surface area (Å²) in [6.07, 6.45) is 0. The van der Waals surface area contributed by atoms with Crippen molar-refractivity contribution in [2.45, 2.75) is 0 Å². The summed E-state index contributed by atoms with van der Waals surface area (Å²) in [6, 6.07) is 6.13. The predicted octanol–water partition coefficient (Wildman–Crippen LogP) is 0.283. The van der Waals surface area contributed by atoms with Crippen molar-refractivity contribution in [3.05, 3.63) is 55.8 Å². The Hall–Kier alpha value is -2.41. The number of aromatic carboxylic acids is 1. The van der Waals surface area contributed by atoms with Crippen molar-refractivity contribution >= 4 is 17.6 Å². The van der Waals surface area contributed by atoms with E-state index in [1.807, 2.05) is 0 Å². The molecule has 1 aromatic heterocycles. The fourth-order valence-electron chi connectivity index (χ4n) is 1.48. The van der Waals surface area contributed by atoms with Gasteiger partial charge in [0, 0.05) is 12.1 Å². The van der Waals surface area contributed by atoms with Gasteiger partial charge in [-0.25, -0.2) is 9.59 Å². The normalized spacial score (nSPS) is 10.4. The summed E-state index contributed by atoms with van der Waals surface area (Å²) in [5, 5.41) is 12.8. The molecule has 2 aromatic rings. The molecule has 98 valence electrons. The average molecular weight is 282 g/mol. The molecule has 8 heteroatoms. The van der Waals surface area contributed by atoms with Crippen molar-refractivity contribution in [2.75, 3.05) is 0 Å². The van der Waals surface area contributed by atoms with Crippen LogP contribution >= 0.6 is 11.6 Å². The topological polar surface area (TPSA) is 94.2 Å². The smallest absolute Gasteiger partial charge is 0.362 e. The van der Waals surface area contributed by atoms with Gasteiger partial charge < -0.3 is 5.11 Å². The van der Waals surface area contributed by atoms with Crippen molar-refractivity contribution in [1.82, 2.24) is 14.3 Å². The van der Waals surface area contributed by atoms with Crippen LogP contribution in [0.15, 0.2) is 33.9 Å². The minimum absolute atomic E-state index is 0.274. The number of nitrogens with zero attached hydrogens (tertiary/aromatic N) is 3. The minimum atomic E-state index is -1.50. The standard InChI is InChI=1S/C11H8ClN3O4/c1-14-9(16)8(10(17)18)13-15(11(14)19)7-4-2-3-6(12)5-7/h2-5H,1H3,(H,17,18). The van der Waals surface area contributed by atoms with Crippen molar-refractivity contribution in [3.63, 3.8) is 0 Å². The molecule has 0 atom stereocenters. The Morgan fingerprint density at radius 2 is 2.05 bits per heavy atom. The molecule has 0 saturated heterocycles. The van der Waals surface area contributed by atoms with Gasteiger partial charge in [0.25, 0.3) is 5.56 Å². The van der Waals surface area contributed by atoms with E-state index in [0.717, 1.165) is 4.68 Å². The van der Waals surface area contributed by atoms with Crippen molar-refractivity contribution in [2.24, 2.45) is 7.05 Å². The number of carbonyl (C=O) groups is 1. The molecule has 0 spiro atoms. The highest BCUT2D eigenvalue weighted by atomic mass is 35.5. The third kappa shape index (κ3) is 2.27. The van der Waals surface area contributed by atoms with Crippen LogP contribution in [-0.4, -0.2) is 25.4 Å². The first-order chi connectivity index (χ1) is 8.91. The molecule has 1 heterocycles. The molecule has 19 heavy (non-hydrogen) atoms. The Kier molecular flexibility index (Phi) is 3.22. The number of rotatable bonds is 2. The Morgan fingerprint density at radius 3 is 2.63 bits per heavy atom. The molecule has 0 radical (unpaired) electrons. The summed E-state index contributed by atoms with van der Waals surface area (Å²) in [5.74, 6) is -1.50. The molecular formula is C11H8ClN3O4. The number of hydrogen-bond donors (Lipinski definition) is 1. The largest absolute Gasteiger partial charge is 0.476 e. The van der Waals surface area contributed by atoms with E-state index in [4.69, 9.17) is 16.7 Å². The maximum absolute atomic E-state index is 11.9. The van der Waals surface area contributed by atoms with Gasteiger partial charge >= 0.3 is 11.7 Å². The maximum Gasteiger partial charge on any atom is 0.362 e. The monoisotopic (exact) mass is 281 g/mol. The van der Waals surface area contributed by atoms with E-state index in [1.165, 1.54) is 19.2 Å². The Balaban J connectivity index is 2.82. The third-order valence-electron chi connectivity index (χ3n) is 2.43. The van der Waals surface area contributed by atoms with Gasteiger partial charge in [0.2, 0.25) is 5.69 Å². The van der Waals surface area contributed by atoms with Crippen LogP contribution in [0.4, 0.5) is 0 Å². The Labute approximate surface area is 111 Å². The van der Waals surface area contributed by atoms with Gasteiger partial charge in [-0.15, -0.1) is 0 Å². The second-order valence-electron chi connectivity index (χ2n) is 3.69. The Bertz CT molecular complexity index is 778. The lowest BCUT2D eigenvalue weighted by Crippen LogP contribution is -2.42. The molecule has 0 fully saturated rings. The molecule has 7 nitrogen and oxygen atoms in total. The number of benzene rings is 1. The van der Waals surface area contributed by atoms with Crippen LogP contribution in [-0.2, 0) is 7.05 Å². The number of carboxylic acid groups (broad SMARTS) is 1. The lowest BCUT2D eigenvalue weighted by molar-refractivity contribution is 0.0684. The molecule has 0 aliphatic carbocycles. The van der Waals surface area contributed by atoms with E-state index in [0.29, 0.717) is 9.59 Å². The number of aromatic nitrogens is 3. The molecule has 0 saturated carbocycles. The first kappa shape index (κ1) is 13.0. The summed E-state index contributed by atoms with van der Waals surface area (Å²) in [5.41, 5.74) is -2.18. The van der Waals surface area contributed by atoms with Crippen LogP contribution in [0.1, 0.15) is 10.5 Å². The van der Waals surface area contributed by atoms with Gasteiger partial charge in [-0.05, 0) is 18.2 Å². The zero-order valence-corrected chi connectivity index (χ0v) is 10.5. The van der Waals surface area contributed by atoms with Gasteiger partial charge in [-0.1, -0.05) is 17.7 Å². The van der Waals surface area contributed by atoms with E-state index >= 15 is 0 Å². The molecule has 1 N–H and O–H groups in total. The van der Waals surface area contributed by atoms with E-state index in [9.17, 15) is 14.4 Å². The first-order valence-corrected chi connectivity index (χ1v) is 5.49. The quantitative estimate of drug-likeness (QED) is 0.853. The van der Waals surface area contributed by atoms with Gasteiger partial charge in [-0.3, -0.25) is 9.36 Å². The highest BCUT2D eigenvalue weighted by molar-refractivity contribution is 6.30. The molecule has 2 rings (SSSR count). The van der Waals surface area contributed by atoms with Gasteiger partial charge in [0.1, 0.15) is 0 Å². The number of halogens is 1. The molecule has 0 unspecified atom stereocenters. The second-order valence-corrected chi connectivity index (χ2v) is 4.13. The summed E-state index contributed by atoms with van der Waals surface area (Å²) in [6.45, 7) is 0. The molecule has 0 bridgehead atoms. The first-order valence-electron chi connectivity index (χ1n) is 5.11. The van der Waals surface area contributed by atoms with E-state index in [2.05, 4.69) is 5.10 Å². The van der Waals surface area contributed by atoms with Gasteiger partial charge in [0.15, 0.2) is 0 Å². The molecule has 0 aliphatic heterocycles. The highest BCUT2D eigenvalue weighted by Gasteiger charge is 2.17. The second kappa shape index (κ2) is 4.69. The summed E-state index contributed by atoms with van der Waals surface area (Å²) >= 11 is 5.79. The van der Waals surface area contributed by atoms with Gasteiger partial charge in [0.05, 0.1) is 5.69 Å². The third-order valence-corrected chi connectivity index (χ3v) is 2.67. The van der Waals surface area contributed by atoms with E-state index in [1.54, 1.807) is 12.1 Å². The summed E-state index contributed by atoms with van der Waals surface area (Å²) < 4.78 is 1.49. The van der Waals surface area contributed by atoms with Crippen molar-refractivity contribution in [3.8, 4) is 5.69 Å². The van der Waals surface area contributed by atoms with Crippen molar-refractivity contribution in [1.29, 1.82) is 0 Å². The van der Waals surface area contributed by atoms with E-state index < -0.39 is 22.9 Å². The van der Waals surface area contributed by atoms with Crippen molar-refractivity contribution < 1.29 is 9.90 Å². The fraction of sp³-hybridized carbons (Fsp3) is 0.0909. The molecule has 0 aliphatic rings. The average Bonchev–Trinajstić information content (AvgIpc) is 2.36. The Morgan fingerprint density at radius 1 is 1.37 bits per heavy atom. The minimum Gasteiger partial charge on any atom is -0.476 e. The summed E-state index contributed by atoms with van der Waals surface area (Å²) in [4.78, 5) is 34.4. The lowest BCUT2D eigenvalue weighted by Gasteiger charge is -2.07. The molecule has 1 aromatic carbocycles. The number of carboxylic acids is 1. The van der Waals surface area contributed by atoms with Crippen LogP contribution in [0.2, 0.25) is 5.02 Å². The van der Waals surface area contributed by atoms with Crippen LogP contribution in [0, 0.1) is 0 Å². The zero-order valence-electron chi connectivity index (χ0n) is 9.70. The van der Waals surface area contributed by atoms with Crippen LogP contribution in [0.3, 0.4) is 0 Å². The van der Waals surface area contributed by atoms with Gasteiger partial charge in [-0.2, -0.15) is 9.78 Å². The lowest BCUT2D eigenvalue weighted by atomic mass is 10.3. The van der Waals surface area contributed by atoms with E-state index in [-0.39, 0.29) is 5.69 Å². The zero-order chi connectivity index (χ0) is 14.2. The fourth-order valence-corrected chi connectivity index (χ4v) is 1.67. The van der Waals surface area contributed by atoms with Crippen LogP contribution < -0.4 is 11.2 Å². The predicted molar refractivity (Wildman–Crippen MR) is 67.0 cm³/mol. The SMILES string of the molecule is Cn1c(=O)c(C(=O)O)nn(-c2cccc(Cl)c2)c1=O. The maximum atomic E-state index is 11.9.